The van der Waals surface area contributed by atoms with Crippen LogP contribution in [0.4, 0.5) is 0 Å². The Morgan fingerprint density at radius 3 is 1.03 bits per heavy atom. The molecule has 0 aromatic rings. The van der Waals surface area contributed by atoms with E-state index in [4.69, 9.17) is 0 Å². The van der Waals surface area contributed by atoms with Gasteiger partial charge in [-0.15, -0.1) is 0 Å². The molecule has 0 bridgehead atoms. The Bertz CT molecular complexity index is 464. The van der Waals surface area contributed by atoms with Crippen LogP contribution in [0.3, 0.4) is 0 Å². The molecule has 1 radical (unpaired) electrons. The summed E-state index contributed by atoms with van der Waals surface area (Å²) in [6.07, 6.45) is 1.74. The number of Topliss-reactive ketones (excluding diaryl/α,β-unsaturated/α-hetero) is 3. The summed E-state index contributed by atoms with van der Waals surface area (Å²) in [5.41, 5.74) is -0.528. The van der Waals surface area contributed by atoms with E-state index in [2.05, 4.69) is 14.0 Å². The van der Waals surface area contributed by atoms with Gasteiger partial charge in [-0.25, -0.2) is 0 Å². The van der Waals surface area contributed by atoms with Gasteiger partial charge in [-0.3, -0.25) is 26.4 Å². The van der Waals surface area contributed by atoms with E-state index in [1.807, 2.05) is 65.7 Å². The van der Waals surface area contributed by atoms with Crippen molar-refractivity contribution in [2.24, 2.45) is 0 Å². The number of rotatable bonds is 8. The van der Waals surface area contributed by atoms with Crippen LogP contribution in [0.1, 0.15) is 61.3 Å². The number of carbonyl (C=O) groups is 3. The van der Waals surface area contributed by atoms with Gasteiger partial charge >= 0.3 is 0 Å². The first-order valence-corrected chi connectivity index (χ1v) is 9.69. The summed E-state index contributed by atoms with van der Waals surface area (Å²) in [5, 5.41) is 0. The van der Waals surface area contributed by atoms with E-state index < -0.39 is 0 Å². The summed E-state index contributed by atoms with van der Waals surface area (Å²) in [5.74, 6) is 0.516. The van der Waals surface area contributed by atoms with E-state index in [0.717, 1.165) is 12.8 Å². The number of nitrogens with zero attached hydrogens (tertiary/aromatic N) is 3. The number of ketones is 3. The van der Waals surface area contributed by atoms with E-state index in [0.29, 0.717) is 0 Å². The molecule has 0 aromatic carbocycles. The Labute approximate surface area is 206 Å². The third kappa shape index (κ3) is 13.1. The largest absolute Gasteiger partial charge is 0.479 e. The maximum Gasteiger partial charge on any atom is 0.149 e. The first-order valence-electron chi connectivity index (χ1n) is 9.69. The van der Waals surface area contributed by atoms with Gasteiger partial charge < -0.3 is 16.6 Å². The second-order valence-electron chi connectivity index (χ2n) is 8.04. The first kappa shape index (κ1) is 36.4. The maximum atomic E-state index is 11.1. The van der Waals surface area contributed by atoms with Crippen molar-refractivity contribution < 1.29 is 47.1 Å². The fourth-order valence-corrected chi connectivity index (χ4v) is 2.07. The SMILES string of the molecule is CCC(C)(C(C)=O)N(C)C.CCC(C)(C(C)=O)N(C)C.[CH2-]C(C(C)=O)N([CH2-])C.[Y]. The van der Waals surface area contributed by atoms with Crippen molar-refractivity contribution in [3.63, 3.8) is 0 Å². The summed E-state index contributed by atoms with van der Waals surface area (Å²) < 4.78 is 0. The molecule has 0 aliphatic carbocycles. The molecule has 0 rings (SSSR count). The van der Waals surface area contributed by atoms with Gasteiger partial charge in [0.25, 0.3) is 0 Å². The molecule has 6 nitrogen and oxygen atoms in total. The first-order chi connectivity index (χ1) is 12.4. The minimum atomic E-state index is -0.296. The van der Waals surface area contributed by atoms with E-state index in [1.54, 1.807) is 20.9 Å². The van der Waals surface area contributed by atoms with Crippen LogP contribution in [0.15, 0.2) is 0 Å². The van der Waals surface area contributed by atoms with Crippen LogP contribution < -0.4 is 0 Å². The molecule has 3 atom stereocenters. The van der Waals surface area contributed by atoms with Crippen molar-refractivity contribution in [2.75, 3.05) is 35.2 Å². The van der Waals surface area contributed by atoms with E-state index in [-0.39, 0.29) is 67.2 Å². The fourth-order valence-electron chi connectivity index (χ4n) is 2.07. The predicted molar refractivity (Wildman–Crippen MR) is 119 cm³/mol. The van der Waals surface area contributed by atoms with Gasteiger partial charge in [-0.1, -0.05) is 19.9 Å². The normalized spacial score (nSPS) is 15.6. The Hall–Kier alpha value is -0.00610. The monoisotopic (exact) mass is 488 g/mol. The van der Waals surface area contributed by atoms with Gasteiger partial charge in [0.15, 0.2) is 0 Å². The van der Waals surface area contributed by atoms with Crippen LogP contribution in [0.25, 0.3) is 0 Å². The maximum absolute atomic E-state index is 11.1. The topological polar surface area (TPSA) is 60.9 Å². The van der Waals surface area contributed by atoms with Gasteiger partial charge in [-0.2, -0.15) is 0 Å². The van der Waals surface area contributed by atoms with Crippen molar-refractivity contribution in [1.82, 2.24) is 14.7 Å². The van der Waals surface area contributed by atoms with Crippen molar-refractivity contribution in [3.8, 4) is 0 Å². The summed E-state index contributed by atoms with van der Waals surface area (Å²) in [6.45, 7) is 16.3. The second-order valence-corrected chi connectivity index (χ2v) is 8.04. The van der Waals surface area contributed by atoms with Crippen LogP contribution >= 0.6 is 0 Å². The number of hydrogen-bond donors (Lipinski definition) is 0. The molecule has 0 aromatic heterocycles. The van der Waals surface area contributed by atoms with E-state index in [9.17, 15) is 14.4 Å². The zero-order chi connectivity index (χ0) is 23.5. The van der Waals surface area contributed by atoms with E-state index >= 15 is 0 Å². The molecule has 0 aliphatic heterocycles. The van der Waals surface area contributed by atoms with E-state index in [1.165, 1.54) is 11.8 Å². The predicted octanol–water partition coefficient (Wildman–Crippen LogP) is 3.11. The van der Waals surface area contributed by atoms with Crippen LogP contribution in [0, 0.1) is 14.0 Å². The van der Waals surface area contributed by atoms with Crippen LogP contribution in [-0.2, 0) is 47.1 Å². The van der Waals surface area contributed by atoms with Crippen LogP contribution in [-0.4, -0.2) is 84.4 Å². The molecule has 7 heteroatoms. The molecule has 0 saturated carbocycles. The number of likely N-dealkylation sites (N-methyl/N-ethyl adjacent to an activating group) is 3. The summed E-state index contributed by atoms with van der Waals surface area (Å²) in [6, 6.07) is -0.296. The molecule has 3 unspecified atom stereocenters. The fraction of sp³-hybridized carbons (Fsp3) is 0.773. The molecule has 0 heterocycles. The van der Waals surface area contributed by atoms with Gasteiger partial charge in [0.1, 0.15) is 17.3 Å². The van der Waals surface area contributed by atoms with Crippen LogP contribution in [0.2, 0.25) is 0 Å². The molecule has 0 saturated heterocycles. The van der Waals surface area contributed by atoms with Crippen molar-refractivity contribution in [1.29, 1.82) is 0 Å². The van der Waals surface area contributed by atoms with Crippen LogP contribution in [0.5, 0.6) is 0 Å². The summed E-state index contributed by atoms with van der Waals surface area (Å²) >= 11 is 0. The molecular formula is C22H45N3O3Y-2. The molecule has 0 N–H and O–H groups in total. The average molecular weight is 489 g/mol. The third-order valence-corrected chi connectivity index (χ3v) is 5.87. The zero-order valence-corrected chi connectivity index (χ0v) is 23.9. The molecular weight excluding hydrogens is 443 g/mol. The van der Waals surface area contributed by atoms with Gasteiger partial charge in [0, 0.05) is 32.7 Å². The van der Waals surface area contributed by atoms with Gasteiger partial charge in [0.05, 0.1) is 11.1 Å². The summed E-state index contributed by atoms with van der Waals surface area (Å²) in [7, 11) is 13.0. The van der Waals surface area contributed by atoms with Gasteiger partial charge in [0.2, 0.25) is 0 Å². The quantitative estimate of drug-likeness (QED) is 0.490. The standard InChI is InChI=1S/2C8H17NO.C6H11NO.Y/c2*1-6-8(3,7(2)10)9(4)5;1-5(6(2)8)7(3)4;/h2*6H2,1-5H3;5H,1,3H2,2,4H3;/q;;-2;. The van der Waals surface area contributed by atoms with Crippen molar-refractivity contribution in [2.45, 2.75) is 78.4 Å². The Balaban J connectivity index is -0.000000160. The number of carbonyl (C=O) groups excluding carboxylic acids is 3. The molecule has 0 amide bonds. The van der Waals surface area contributed by atoms with Crippen molar-refractivity contribution >= 4 is 17.3 Å². The Morgan fingerprint density at radius 1 is 0.793 bits per heavy atom. The smallest absolute Gasteiger partial charge is 0.149 e. The molecule has 0 spiro atoms. The summed E-state index contributed by atoms with van der Waals surface area (Å²) in [4.78, 5) is 38.1. The Morgan fingerprint density at radius 2 is 1.03 bits per heavy atom. The minimum absolute atomic E-state index is 0. The Kier molecular flexibility index (Phi) is 20.9. The number of hydrogen-bond acceptors (Lipinski definition) is 6. The zero-order valence-electron chi connectivity index (χ0n) is 21.0. The molecule has 171 valence electrons. The van der Waals surface area contributed by atoms with Crippen molar-refractivity contribution in [3.05, 3.63) is 14.0 Å². The molecule has 0 aliphatic rings. The van der Waals surface area contributed by atoms with Gasteiger partial charge in [-0.05, 0) is 82.7 Å². The molecule has 29 heavy (non-hydrogen) atoms. The molecule has 0 fully saturated rings. The minimum Gasteiger partial charge on any atom is -0.479 e. The second kappa shape index (κ2) is 16.7. The third-order valence-electron chi connectivity index (χ3n) is 5.87. The average Bonchev–Trinajstić information content (AvgIpc) is 2.59.